The summed E-state index contributed by atoms with van der Waals surface area (Å²) < 4.78 is 0. The lowest BCUT2D eigenvalue weighted by Gasteiger charge is -2.48. The van der Waals surface area contributed by atoms with Crippen LogP contribution in [0.1, 0.15) is 59.8 Å². The van der Waals surface area contributed by atoms with E-state index in [0.717, 1.165) is 23.8 Å². The Morgan fingerprint density at radius 2 is 1.53 bits per heavy atom. The van der Waals surface area contributed by atoms with E-state index in [1.165, 1.54) is 32.1 Å². The van der Waals surface area contributed by atoms with Gasteiger partial charge in [-0.1, -0.05) is 13.3 Å². The number of hydrogen-bond donors (Lipinski definition) is 1. The van der Waals surface area contributed by atoms with Crippen molar-refractivity contribution in [2.75, 3.05) is 0 Å². The summed E-state index contributed by atoms with van der Waals surface area (Å²) in [6.45, 7) is 9.36. The van der Waals surface area contributed by atoms with Crippen molar-refractivity contribution < 1.29 is 0 Å². The van der Waals surface area contributed by atoms with Gasteiger partial charge < -0.3 is 5.32 Å². The molecule has 2 aliphatic rings. The van der Waals surface area contributed by atoms with Gasteiger partial charge in [0.2, 0.25) is 0 Å². The highest BCUT2D eigenvalue weighted by atomic mass is 15.0. The Morgan fingerprint density at radius 3 is 2.00 bits per heavy atom. The van der Waals surface area contributed by atoms with Crippen LogP contribution in [0.15, 0.2) is 0 Å². The molecule has 0 aromatic rings. The van der Waals surface area contributed by atoms with Gasteiger partial charge >= 0.3 is 0 Å². The molecular formula is C14H27N. The van der Waals surface area contributed by atoms with Crippen LogP contribution in [-0.4, -0.2) is 11.6 Å². The zero-order valence-electron chi connectivity index (χ0n) is 10.8. The number of fused-ring (bicyclic) bond motifs is 2. The normalized spacial score (nSPS) is 41.6. The number of rotatable bonds is 1. The van der Waals surface area contributed by atoms with Gasteiger partial charge in [-0.05, 0) is 64.2 Å². The lowest BCUT2D eigenvalue weighted by atomic mass is 9.65. The molecule has 0 radical (unpaired) electrons. The maximum Gasteiger partial charge on any atom is 0.0129 e. The molecule has 0 heterocycles. The van der Waals surface area contributed by atoms with E-state index in [2.05, 4.69) is 33.0 Å². The van der Waals surface area contributed by atoms with Crippen LogP contribution >= 0.6 is 0 Å². The first-order chi connectivity index (χ1) is 6.96. The Bertz CT molecular complexity index is 202. The van der Waals surface area contributed by atoms with Crippen LogP contribution in [-0.2, 0) is 0 Å². The molecule has 2 unspecified atom stereocenters. The third kappa shape index (κ3) is 2.75. The van der Waals surface area contributed by atoms with Crippen molar-refractivity contribution >= 4 is 0 Å². The fraction of sp³-hybridized carbons (Fsp3) is 1.00. The Hall–Kier alpha value is -0.0400. The highest BCUT2D eigenvalue weighted by molar-refractivity contribution is 4.95. The van der Waals surface area contributed by atoms with Gasteiger partial charge in [0.05, 0.1) is 0 Å². The summed E-state index contributed by atoms with van der Waals surface area (Å²) in [7, 11) is 0. The largest absolute Gasteiger partial charge is 0.309 e. The van der Waals surface area contributed by atoms with Crippen LogP contribution in [0.2, 0.25) is 0 Å². The molecule has 0 amide bonds. The SMILES string of the molecule is CC1CC2CCCC(C1)C2NC(C)(C)C. The molecule has 2 bridgehead atoms. The lowest BCUT2D eigenvalue weighted by Crippen LogP contribution is -2.55. The van der Waals surface area contributed by atoms with E-state index in [1.807, 2.05) is 0 Å². The number of hydrogen-bond acceptors (Lipinski definition) is 1. The highest BCUT2D eigenvalue weighted by Crippen LogP contribution is 2.43. The summed E-state index contributed by atoms with van der Waals surface area (Å²) in [6.07, 6.45) is 7.34. The van der Waals surface area contributed by atoms with Gasteiger partial charge in [-0.15, -0.1) is 0 Å². The number of nitrogens with one attached hydrogen (secondary N) is 1. The van der Waals surface area contributed by atoms with Gasteiger partial charge in [-0.2, -0.15) is 0 Å². The third-order valence-corrected chi connectivity index (χ3v) is 4.18. The van der Waals surface area contributed by atoms with Crippen molar-refractivity contribution in [3.8, 4) is 0 Å². The second-order valence-corrected chi connectivity index (χ2v) is 6.95. The molecule has 0 aromatic heterocycles. The molecule has 88 valence electrons. The Morgan fingerprint density at radius 1 is 1.00 bits per heavy atom. The van der Waals surface area contributed by atoms with Gasteiger partial charge in [0.1, 0.15) is 0 Å². The van der Waals surface area contributed by atoms with Crippen LogP contribution in [0, 0.1) is 17.8 Å². The Balaban J connectivity index is 2.04. The van der Waals surface area contributed by atoms with Gasteiger partial charge in [0.25, 0.3) is 0 Å². The quantitative estimate of drug-likeness (QED) is 0.696. The van der Waals surface area contributed by atoms with Crippen molar-refractivity contribution in [2.24, 2.45) is 17.8 Å². The van der Waals surface area contributed by atoms with Crippen molar-refractivity contribution in [1.82, 2.24) is 5.32 Å². The van der Waals surface area contributed by atoms with Crippen molar-refractivity contribution in [3.63, 3.8) is 0 Å². The fourth-order valence-corrected chi connectivity index (χ4v) is 3.78. The minimum absolute atomic E-state index is 0.291. The van der Waals surface area contributed by atoms with Crippen LogP contribution in [0.5, 0.6) is 0 Å². The molecule has 1 nitrogen and oxygen atoms in total. The molecule has 0 aromatic carbocycles. The average Bonchev–Trinajstić information content (AvgIpc) is 2.04. The predicted molar refractivity (Wildman–Crippen MR) is 65.9 cm³/mol. The molecule has 2 rings (SSSR count). The Kier molecular flexibility index (Phi) is 3.12. The second-order valence-electron chi connectivity index (χ2n) is 6.95. The van der Waals surface area contributed by atoms with Crippen LogP contribution in [0.25, 0.3) is 0 Å². The first-order valence-corrected chi connectivity index (χ1v) is 6.73. The molecule has 0 aliphatic heterocycles. The Labute approximate surface area is 95.0 Å². The molecule has 2 aliphatic carbocycles. The van der Waals surface area contributed by atoms with E-state index in [0.29, 0.717) is 5.54 Å². The summed E-state index contributed by atoms with van der Waals surface area (Å²) in [5.74, 6) is 2.90. The summed E-state index contributed by atoms with van der Waals surface area (Å²) in [5.41, 5.74) is 0.291. The van der Waals surface area contributed by atoms with Crippen molar-refractivity contribution in [1.29, 1.82) is 0 Å². The zero-order chi connectivity index (χ0) is 11.1. The second kappa shape index (κ2) is 4.08. The molecule has 0 saturated heterocycles. The van der Waals surface area contributed by atoms with Gasteiger partial charge in [-0.3, -0.25) is 0 Å². The van der Waals surface area contributed by atoms with Crippen LogP contribution in [0.3, 0.4) is 0 Å². The summed E-state index contributed by atoms with van der Waals surface area (Å²) >= 11 is 0. The summed E-state index contributed by atoms with van der Waals surface area (Å²) in [4.78, 5) is 0. The minimum atomic E-state index is 0.291. The topological polar surface area (TPSA) is 12.0 Å². The molecule has 2 saturated carbocycles. The first kappa shape index (κ1) is 11.4. The predicted octanol–water partition coefficient (Wildman–Crippen LogP) is 3.59. The molecule has 1 heteroatoms. The summed E-state index contributed by atoms with van der Waals surface area (Å²) in [5, 5.41) is 3.88. The van der Waals surface area contributed by atoms with Crippen molar-refractivity contribution in [3.05, 3.63) is 0 Å². The minimum Gasteiger partial charge on any atom is -0.309 e. The van der Waals surface area contributed by atoms with Gasteiger partial charge in [0.15, 0.2) is 0 Å². The molecule has 2 atom stereocenters. The standard InChI is InChI=1S/C14H27N/c1-10-8-11-6-5-7-12(9-10)13(11)15-14(2,3)4/h10-13,15H,5-9H2,1-4H3. The van der Waals surface area contributed by atoms with E-state index in [9.17, 15) is 0 Å². The highest BCUT2D eigenvalue weighted by Gasteiger charge is 2.39. The fourth-order valence-electron chi connectivity index (χ4n) is 3.78. The van der Waals surface area contributed by atoms with E-state index in [-0.39, 0.29) is 0 Å². The molecule has 1 N–H and O–H groups in total. The van der Waals surface area contributed by atoms with Crippen LogP contribution in [0.4, 0.5) is 0 Å². The average molecular weight is 209 g/mol. The lowest BCUT2D eigenvalue weighted by molar-refractivity contribution is 0.0731. The summed E-state index contributed by atoms with van der Waals surface area (Å²) in [6, 6.07) is 0.815. The van der Waals surface area contributed by atoms with E-state index >= 15 is 0 Å². The molecular weight excluding hydrogens is 182 g/mol. The zero-order valence-corrected chi connectivity index (χ0v) is 10.8. The maximum atomic E-state index is 3.88. The van der Waals surface area contributed by atoms with Crippen LogP contribution < -0.4 is 5.32 Å². The van der Waals surface area contributed by atoms with E-state index < -0.39 is 0 Å². The smallest absolute Gasteiger partial charge is 0.0129 e. The van der Waals surface area contributed by atoms with Gasteiger partial charge in [0, 0.05) is 11.6 Å². The maximum absolute atomic E-state index is 3.88. The molecule has 0 spiro atoms. The molecule has 15 heavy (non-hydrogen) atoms. The monoisotopic (exact) mass is 209 g/mol. The third-order valence-electron chi connectivity index (χ3n) is 4.18. The van der Waals surface area contributed by atoms with Gasteiger partial charge in [-0.25, -0.2) is 0 Å². The van der Waals surface area contributed by atoms with Crippen molar-refractivity contribution in [2.45, 2.75) is 71.4 Å². The molecule has 2 fully saturated rings. The van der Waals surface area contributed by atoms with E-state index in [1.54, 1.807) is 0 Å². The first-order valence-electron chi connectivity index (χ1n) is 6.73. The van der Waals surface area contributed by atoms with E-state index in [4.69, 9.17) is 0 Å².